The van der Waals surface area contributed by atoms with Gasteiger partial charge in [-0.25, -0.2) is 0 Å². The Morgan fingerprint density at radius 2 is 1.88 bits per heavy atom. The van der Waals surface area contributed by atoms with E-state index in [9.17, 15) is 4.79 Å². The SMILES string of the molecule is Cc1ccc(CNC(=O)c2c(C)sc3cc(-c4ccccc4)oc23)o1. The lowest BCUT2D eigenvalue weighted by molar-refractivity contribution is 0.0948. The van der Waals surface area contributed by atoms with E-state index in [4.69, 9.17) is 8.83 Å². The number of benzene rings is 1. The summed E-state index contributed by atoms with van der Waals surface area (Å²) < 4.78 is 12.5. The van der Waals surface area contributed by atoms with E-state index in [-0.39, 0.29) is 5.91 Å². The van der Waals surface area contributed by atoms with Crippen molar-refractivity contribution in [3.63, 3.8) is 0 Å². The fourth-order valence-electron chi connectivity index (χ4n) is 2.84. The van der Waals surface area contributed by atoms with Crippen molar-refractivity contribution < 1.29 is 13.6 Å². The molecule has 4 nitrogen and oxygen atoms in total. The molecule has 0 saturated carbocycles. The zero-order valence-electron chi connectivity index (χ0n) is 14.0. The molecule has 0 atom stereocenters. The van der Waals surface area contributed by atoms with Gasteiger partial charge in [-0.15, -0.1) is 11.3 Å². The van der Waals surface area contributed by atoms with Crippen LogP contribution in [0.5, 0.6) is 0 Å². The highest BCUT2D eigenvalue weighted by molar-refractivity contribution is 7.19. The second-order valence-corrected chi connectivity index (χ2v) is 7.15. The van der Waals surface area contributed by atoms with Gasteiger partial charge in [-0.3, -0.25) is 4.79 Å². The zero-order valence-corrected chi connectivity index (χ0v) is 14.8. The Hall–Kier alpha value is -2.79. The average molecular weight is 351 g/mol. The molecule has 3 heterocycles. The maximum atomic E-state index is 12.7. The van der Waals surface area contributed by atoms with Gasteiger partial charge >= 0.3 is 0 Å². The van der Waals surface area contributed by atoms with Gasteiger partial charge < -0.3 is 14.2 Å². The molecular weight excluding hydrogens is 334 g/mol. The third kappa shape index (κ3) is 2.98. The summed E-state index contributed by atoms with van der Waals surface area (Å²) in [5.41, 5.74) is 2.25. The van der Waals surface area contributed by atoms with Crippen molar-refractivity contribution in [1.29, 1.82) is 0 Å². The van der Waals surface area contributed by atoms with Crippen molar-refractivity contribution in [3.05, 3.63) is 70.5 Å². The Morgan fingerprint density at radius 1 is 1.08 bits per heavy atom. The topological polar surface area (TPSA) is 55.4 Å². The minimum absolute atomic E-state index is 0.147. The van der Waals surface area contributed by atoms with E-state index >= 15 is 0 Å². The first kappa shape index (κ1) is 15.7. The van der Waals surface area contributed by atoms with Crippen molar-refractivity contribution in [1.82, 2.24) is 5.32 Å². The lowest BCUT2D eigenvalue weighted by atomic mass is 10.2. The summed E-state index contributed by atoms with van der Waals surface area (Å²) in [5, 5.41) is 2.91. The third-order valence-corrected chi connectivity index (χ3v) is 5.08. The van der Waals surface area contributed by atoms with Gasteiger partial charge in [0.2, 0.25) is 0 Å². The number of thiophene rings is 1. The number of hydrogen-bond donors (Lipinski definition) is 1. The second-order valence-electron chi connectivity index (χ2n) is 5.90. The molecule has 126 valence electrons. The molecule has 0 aliphatic carbocycles. The van der Waals surface area contributed by atoms with Crippen molar-refractivity contribution in [3.8, 4) is 11.3 Å². The van der Waals surface area contributed by atoms with Crippen LogP contribution in [0.25, 0.3) is 21.6 Å². The first-order chi connectivity index (χ1) is 12.1. The van der Waals surface area contributed by atoms with E-state index in [1.807, 2.05) is 62.4 Å². The molecule has 0 unspecified atom stereocenters. The number of carbonyl (C=O) groups is 1. The summed E-state index contributed by atoms with van der Waals surface area (Å²) in [6, 6.07) is 15.6. The van der Waals surface area contributed by atoms with Gasteiger partial charge in [0.15, 0.2) is 5.58 Å². The van der Waals surface area contributed by atoms with E-state index < -0.39 is 0 Å². The van der Waals surface area contributed by atoms with E-state index in [1.165, 1.54) is 0 Å². The van der Waals surface area contributed by atoms with Gasteiger partial charge in [-0.05, 0) is 26.0 Å². The minimum atomic E-state index is -0.147. The highest BCUT2D eigenvalue weighted by Crippen LogP contribution is 2.36. The summed E-state index contributed by atoms with van der Waals surface area (Å²) in [6.07, 6.45) is 0. The molecular formula is C20H17NO3S. The monoisotopic (exact) mass is 351 g/mol. The fraction of sp³-hybridized carbons (Fsp3) is 0.150. The number of fused-ring (bicyclic) bond motifs is 1. The number of furan rings is 2. The van der Waals surface area contributed by atoms with Crippen LogP contribution in [0.2, 0.25) is 0 Å². The largest absolute Gasteiger partial charge is 0.465 e. The average Bonchev–Trinajstić information content (AvgIpc) is 3.27. The van der Waals surface area contributed by atoms with Crippen LogP contribution in [0, 0.1) is 13.8 Å². The lowest BCUT2D eigenvalue weighted by Crippen LogP contribution is -2.22. The first-order valence-corrected chi connectivity index (χ1v) is 8.85. The summed E-state index contributed by atoms with van der Waals surface area (Å²) in [6.45, 7) is 4.18. The van der Waals surface area contributed by atoms with Crippen molar-refractivity contribution in [2.75, 3.05) is 0 Å². The van der Waals surface area contributed by atoms with Gasteiger partial charge in [0.25, 0.3) is 5.91 Å². The Morgan fingerprint density at radius 3 is 2.60 bits per heavy atom. The summed E-state index contributed by atoms with van der Waals surface area (Å²) >= 11 is 1.57. The van der Waals surface area contributed by atoms with Crippen LogP contribution >= 0.6 is 11.3 Å². The lowest BCUT2D eigenvalue weighted by Gasteiger charge is -2.03. The number of carbonyl (C=O) groups excluding carboxylic acids is 1. The summed E-state index contributed by atoms with van der Waals surface area (Å²) in [7, 11) is 0. The van der Waals surface area contributed by atoms with Crippen molar-refractivity contribution >= 4 is 27.5 Å². The standard InChI is InChI=1S/C20H17NO3S/c1-12-8-9-15(23-12)11-21-20(22)18-13(2)25-17-10-16(24-19(17)18)14-6-4-3-5-7-14/h3-10H,11H2,1-2H3,(H,21,22). The Bertz CT molecular complexity index is 1040. The Balaban J connectivity index is 1.63. The normalized spacial score (nSPS) is 11.1. The van der Waals surface area contributed by atoms with Gasteiger partial charge in [0.05, 0.1) is 16.8 Å². The van der Waals surface area contributed by atoms with E-state index in [1.54, 1.807) is 11.3 Å². The fourth-order valence-corrected chi connectivity index (χ4v) is 3.86. The highest BCUT2D eigenvalue weighted by Gasteiger charge is 2.21. The van der Waals surface area contributed by atoms with Crippen molar-refractivity contribution in [2.45, 2.75) is 20.4 Å². The predicted molar refractivity (Wildman–Crippen MR) is 98.9 cm³/mol. The molecule has 4 rings (SSSR count). The molecule has 1 amide bonds. The number of rotatable bonds is 4. The molecule has 1 N–H and O–H groups in total. The molecule has 0 saturated heterocycles. The first-order valence-electron chi connectivity index (χ1n) is 8.03. The molecule has 0 bridgehead atoms. The van der Waals surface area contributed by atoms with E-state index in [2.05, 4.69) is 5.32 Å². The molecule has 0 radical (unpaired) electrons. The van der Waals surface area contributed by atoms with Crippen LogP contribution in [0.15, 0.2) is 57.4 Å². The molecule has 25 heavy (non-hydrogen) atoms. The van der Waals surface area contributed by atoms with E-state index in [0.29, 0.717) is 17.7 Å². The quantitative estimate of drug-likeness (QED) is 0.543. The number of hydrogen-bond acceptors (Lipinski definition) is 4. The van der Waals surface area contributed by atoms with Gasteiger partial charge in [0, 0.05) is 16.5 Å². The maximum Gasteiger partial charge on any atom is 0.256 e. The van der Waals surface area contributed by atoms with Crippen LogP contribution in [-0.4, -0.2) is 5.91 Å². The summed E-state index contributed by atoms with van der Waals surface area (Å²) in [4.78, 5) is 13.6. The predicted octanol–water partition coefficient (Wildman–Crippen LogP) is 5.30. The van der Waals surface area contributed by atoms with Crippen LogP contribution in [0.1, 0.15) is 26.8 Å². The zero-order chi connectivity index (χ0) is 17.4. The number of aryl methyl sites for hydroxylation is 2. The van der Waals surface area contributed by atoms with Gasteiger partial charge in [0.1, 0.15) is 17.3 Å². The van der Waals surface area contributed by atoms with Crippen LogP contribution in [0.3, 0.4) is 0 Å². The molecule has 0 aliphatic heterocycles. The molecule has 5 heteroatoms. The van der Waals surface area contributed by atoms with Gasteiger partial charge in [-0.1, -0.05) is 30.3 Å². The van der Waals surface area contributed by atoms with Gasteiger partial charge in [-0.2, -0.15) is 0 Å². The third-order valence-electron chi connectivity index (χ3n) is 4.04. The van der Waals surface area contributed by atoms with Crippen LogP contribution in [0.4, 0.5) is 0 Å². The second kappa shape index (κ2) is 6.26. The van der Waals surface area contributed by atoms with Crippen molar-refractivity contribution in [2.24, 2.45) is 0 Å². The molecule has 0 spiro atoms. The maximum absolute atomic E-state index is 12.7. The molecule has 0 fully saturated rings. The van der Waals surface area contributed by atoms with Crippen LogP contribution < -0.4 is 5.32 Å². The number of nitrogens with one attached hydrogen (secondary N) is 1. The van der Waals surface area contributed by atoms with Crippen LogP contribution in [-0.2, 0) is 6.54 Å². The molecule has 1 aromatic carbocycles. The number of amides is 1. The minimum Gasteiger partial charge on any atom is -0.465 e. The Labute approximate surface area is 149 Å². The molecule has 3 aromatic heterocycles. The Kier molecular flexibility index (Phi) is 3.93. The molecule has 4 aromatic rings. The smallest absolute Gasteiger partial charge is 0.256 e. The highest BCUT2D eigenvalue weighted by atomic mass is 32.1. The summed E-state index contributed by atoms with van der Waals surface area (Å²) in [5.74, 6) is 2.20. The molecule has 0 aliphatic rings. The van der Waals surface area contributed by atoms with E-state index in [0.717, 1.165) is 32.4 Å².